The predicted molar refractivity (Wildman–Crippen MR) is 175 cm³/mol. The first-order chi connectivity index (χ1) is 20.7. The molecule has 0 bridgehead atoms. The predicted octanol–water partition coefficient (Wildman–Crippen LogP) is 5.45. The van der Waals surface area contributed by atoms with E-state index in [4.69, 9.17) is 10.5 Å². The number of nitrogen functional groups attached to an aromatic ring is 1. The minimum Gasteiger partial charge on any atom is -0.476 e. The number of carbonyl (C=O) groups excluding carboxylic acids is 1. The van der Waals surface area contributed by atoms with Gasteiger partial charge in [-0.1, -0.05) is 58.0 Å². The monoisotopic (exact) mass is 621 g/mol. The van der Waals surface area contributed by atoms with E-state index >= 15 is 0 Å². The molecule has 1 aromatic heterocycles. The highest BCUT2D eigenvalue weighted by Crippen LogP contribution is 2.39. The van der Waals surface area contributed by atoms with Crippen LogP contribution in [0.2, 0.25) is 0 Å². The van der Waals surface area contributed by atoms with Crippen LogP contribution in [0.5, 0.6) is 5.88 Å². The maximum Gasteiger partial charge on any atom is 0.223 e. The number of nitrogens with two attached hydrogens (primary N) is 1. The summed E-state index contributed by atoms with van der Waals surface area (Å²) in [5.41, 5.74) is 10.7. The van der Waals surface area contributed by atoms with Crippen LogP contribution in [-0.4, -0.2) is 53.4 Å². The summed E-state index contributed by atoms with van der Waals surface area (Å²) in [7, 11) is -2.69. The van der Waals surface area contributed by atoms with Crippen molar-refractivity contribution >= 4 is 22.6 Å². The number of rotatable bonds is 12. The number of carbonyl (C=O) groups is 1. The summed E-state index contributed by atoms with van der Waals surface area (Å²) in [6.45, 7) is 15.5. The minimum atomic E-state index is -2.69. The number of amides is 1. The Kier molecular flexibility index (Phi) is 10.4. The lowest BCUT2D eigenvalue weighted by molar-refractivity contribution is -0.125. The molecule has 0 aliphatic heterocycles. The number of nitrogens with zero attached hydrogens (tertiary/aromatic N) is 3. The lowest BCUT2D eigenvalue weighted by Crippen LogP contribution is -2.63. The van der Waals surface area contributed by atoms with E-state index in [0.29, 0.717) is 30.3 Å². The molecule has 0 unspecified atom stereocenters. The lowest BCUT2D eigenvalue weighted by atomic mass is 9.72. The van der Waals surface area contributed by atoms with Gasteiger partial charge in [-0.2, -0.15) is 4.98 Å². The number of anilines is 1. The molecule has 1 aliphatic rings. The van der Waals surface area contributed by atoms with E-state index in [-0.39, 0.29) is 34.9 Å². The topological polar surface area (TPSA) is 128 Å². The van der Waals surface area contributed by atoms with Crippen molar-refractivity contribution in [3.8, 4) is 17.1 Å². The van der Waals surface area contributed by atoms with Crippen LogP contribution in [0.4, 0.5) is 5.95 Å². The number of ether oxygens (including phenoxy) is 1. The van der Waals surface area contributed by atoms with Gasteiger partial charge in [-0.25, -0.2) is 13.4 Å². The van der Waals surface area contributed by atoms with E-state index in [1.54, 1.807) is 18.2 Å². The summed E-state index contributed by atoms with van der Waals surface area (Å²) >= 11 is 0. The molecule has 0 spiro atoms. The Balaban J connectivity index is 1.65. The Morgan fingerprint density at radius 3 is 2.39 bits per heavy atom. The van der Waals surface area contributed by atoms with Crippen molar-refractivity contribution < 1.29 is 17.9 Å². The van der Waals surface area contributed by atoms with Crippen molar-refractivity contribution in [2.24, 2.45) is 5.41 Å². The van der Waals surface area contributed by atoms with Crippen molar-refractivity contribution in [1.82, 2.24) is 20.2 Å². The van der Waals surface area contributed by atoms with Crippen LogP contribution in [0.1, 0.15) is 77.0 Å². The molecule has 1 atom stereocenters. The molecule has 9 nitrogen and oxygen atoms in total. The number of thiol groups is 1. The molecule has 4 rings (SSSR count). The van der Waals surface area contributed by atoms with Gasteiger partial charge in [0.1, 0.15) is 6.61 Å². The number of nitrogens with one attached hydrogen (secondary N) is 1. The molecule has 3 N–H and O–H groups in total. The van der Waals surface area contributed by atoms with Crippen molar-refractivity contribution in [3.05, 3.63) is 65.2 Å². The van der Waals surface area contributed by atoms with Gasteiger partial charge in [0.25, 0.3) is 0 Å². The highest BCUT2D eigenvalue weighted by Gasteiger charge is 2.46. The molecule has 1 aliphatic carbocycles. The Morgan fingerprint density at radius 2 is 1.77 bits per heavy atom. The van der Waals surface area contributed by atoms with Crippen molar-refractivity contribution in [3.63, 3.8) is 0 Å². The fraction of sp³-hybridized carbons (Fsp3) is 0.500. The molecular weight excluding hydrogens is 574 g/mol. The Labute approximate surface area is 263 Å². The Bertz CT molecular complexity index is 1530. The molecule has 44 heavy (non-hydrogen) atoms. The summed E-state index contributed by atoms with van der Waals surface area (Å²) in [6.07, 6.45) is 2.83. The van der Waals surface area contributed by atoms with Gasteiger partial charge in [0.15, 0.2) is 10.7 Å². The highest BCUT2D eigenvalue weighted by atomic mass is 32.2. The second-order valence-corrected chi connectivity index (χ2v) is 14.6. The number of aryl methyl sites for hydroxylation is 2. The second kappa shape index (κ2) is 13.6. The minimum absolute atomic E-state index is 0.0237. The van der Waals surface area contributed by atoms with Gasteiger partial charge < -0.3 is 15.8 Å². The normalized spacial score (nSPS) is 19.1. The zero-order valence-corrected chi connectivity index (χ0v) is 27.9. The fourth-order valence-electron chi connectivity index (χ4n) is 6.30. The SMILES string of the molecule is CCC(=O)N[C@]1(C)C[C@H](N(Cc2cccc([SH](=O)=O)c2)[C@@H](COc2cc(-c3c(C)cccc3C)nc(N)n2)CC(C)(C)C)C1. The van der Waals surface area contributed by atoms with Gasteiger partial charge >= 0.3 is 0 Å². The number of hydrogen-bond donors (Lipinski definition) is 3. The molecule has 10 heteroatoms. The van der Waals surface area contributed by atoms with E-state index in [2.05, 4.69) is 47.9 Å². The van der Waals surface area contributed by atoms with Crippen LogP contribution in [0.3, 0.4) is 0 Å². The smallest absolute Gasteiger partial charge is 0.223 e. The molecule has 3 aromatic rings. The van der Waals surface area contributed by atoms with Crippen LogP contribution in [0, 0.1) is 19.3 Å². The molecule has 1 saturated carbocycles. The first kappa shape index (κ1) is 33.4. The zero-order valence-electron chi connectivity index (χ0n) is 27.0. The van der Waals surface area contributed by atoms with Gasteiger partial charge in [0.2, 0.25) is 17.7 Å². The quantitative estimate of drug-likeness (QED) is 0.228. The molecule has 2 aromatic carbocycles. The Hall–Kier alpha value is -3.50. The first-order valence-corrected chi connectivity index (χ1v) is 16.5. The van der Waals surface area contributed by atoms with Gasteiger partial charge in [-0.05, 0) is 74.3 Å². The van der Waals surface area contributed by atoms with Crippen molar-refractivity contribution in [2.75, 3.05) is 12.3 Å². The van der Waals surface area contributed by atoms with E-state index in [1.165, 1.54) is 0 Å². The maximum absolute atomic E-state index is 12.2. The van der Waals surface area contributed by atoms with Crippen LogP contribution < -0.4 is 15.8 Å². The fourth-order valence-corrected chi connectivity index (χ4v) is 6.78. The van der Waals surface area contributed by atoms with Crippen LogP contribution in [-0.2, 0) is 22.0 Å². The highest BCUT2D eigenvalue weighted by molar-refractivity contribution is 7.72. The lowest BCUT2D eigenvalue weighted by Gasteiger charge is -2.53. The van der Waals surface area contributed by atoms with Crippen molar-refractivity contribution in [2.45, 2.75) is 103 Å². The average molecular weight is 622 g/mol. The number of benzene rings is 2. The Morgan fingerprint density at radius 1 is 1.11 bits per heavy atom. The summed E-state index contributed by atoms with van der Waals surface area (Å²) in [5, 5.41) is 3.19. The summed E-state index contributed by atoms with van der Waals surface area (Å²) in [4.78, 5) is 23.9. The van der Waals surface area contributed by atoms with Crippen LogP contribution in [0.25, 0.3) is 11.3 Å². The molecule has 1 amide bonds. The average Bonchev–Trinajstić information content (AvgIpc) is 2.92. The number of aromatic nitrogens is 2. The third-order valence-corrected chi connectivity index (χ3v) is 8.99. The van der Waals surface area contributed by atoms with Crippen LogP contribution in [0.15, 0.2) is 53.4 Å². The standard InChI is InChI=1S/C34H47N5O4S/c1-8-29(40)38-34(7)18-25(19-34)39(20-24-13-10-14-27(15-24)44(41)42)26(17-33(4,5)6)21-43-30-16-28(36-32(35)37-30)31-22(2)11-9-12-23(31)3/h9-16,25-26,44H,8,17-21H2,1-7H3,(H,38,40)(H2,35,36,37)/t25-,26-,34+/m1/s1. The molecule has 238 valence electrons. The van der Waals surface area contributed by atoms with Gasteiger partial charge in [-0.3, -0.25) is 9.69 Å². The second-order valence-electron chi connectivity index (χ2n) is 13.6. The summed E-state index contributed by atoms with van der Waals surface area (Å²) in [6, 6.07) is 15.2. The largest absolute Gasteiger partial charge is 0.476 e. The van der Waals surface area contributed by atoms with Crippen molar-refractivity contribution in [1.29, 1.82) is 0 Å². The van der Waals surface area contributed by atoms with E-state index < -0.39 is 10.7 Å². The summed E-state index contributed by atoms with van der Waals surface area (Å²) < 4.78 is 30.0. The first-order valence-electron chi connectivity index (χ1n) is 15.3. The van der Waals surface area contributed by atoms with E-state index in [9.17, 15) is 13.2 Å². The maximum atomic E-state index is 12.2. The zero-order chi connectivity index (χ0) is 32.2. The molecule has 1 fully saturated rings. The van der Waals surface area contributed by atoms with Crippen LogP contribution >= 0.6 is 0 Å². The van der Waals surface area contributed by atoms with Gasteiger partial charge in [0, 0.05) is 42.2 Å². The molecule has 0 radical (unpaired) electrons. The molecule has 1 heterocycles. The summed E-state index contributed by atoms with van der Waals surface area (Å²) in [5.74, 6) is 0.599. The third-order valence-electron chi connectivity index (χ3n) is 8.29. The van der Waals surface area contributed by atoms with Gasteiger partial charge in [-0.15, -0.1) is 0 Å². The third kappa shape index (κ3) is 8.57. The molecule has 0 saturated heterocycles. The molecular formula is C34H47N5O4S. The number of hydrogen-bond acceptors (Lipinski definition) is 8. The van der Waals surface area contributed by atoms with Gasteiger partial charge in [0.05, 0.1) is 10.6 Å². The van der Waals surface area contributed by atoms with E-state index in [1.807, 2.05) is 51.1 Å². The van der Waals surface area contributed by atoms with E-state index in [0.717, 1.165) is 47.2 Å².